The number of carbonyl (C=O) groups excluding carboxylic acids is 2. The molecule has 2 amide bonds. The maximum Gasteiger partial charge on any atom is 0.267 e. The molecule has 0 aromatic carbocycles. The molecule has 0 bridgehead atoms. The van der Waals surface area contributed by atoms with Gasteiger partial charge in [0.05, 0.1) is 0 Å². The van der Waals surface area contributed by atoms with Gasteiger partial charge in [-0.3, -0.25) is 14.2 Å². The lowest BCUT2D eigenvalue weighted by Gasteiger charge is -2.18. The molecule has 1 aliphatic heterocycles. The van der Waals surface area contributed by atoms with Crippen molar-refractivity contribution >= 4 is 17.5 Å². The summed E-state index contributed by atoms with van der Waals surface area (Å²) in [5.74, 6) is 0.415. The summed E-state index contributed by atoms with van der Waals surface area (Å²) in [6.07, 6.45) is 7.54. The first-order valence-electron chi connectivity index (χ1n) is 7.19. The summed E-state index contributed by atoms with van der Waals surface area (Å²) in [6.45, 7) is 0.354. The molecule has 2 aromatic rings. The van der Waals surface area contributed by atoms with E-state index in [1.165, 1.54) is 5.01 Å². The number of rotatable bonds is 4. The molecule has 0 saturated heterocycles. The van der Waals surface area contributed by atoms with Crippen LogP contribution in [0.1, 0.15) is 18.4 Å². The monoisotopic (exact) mass is 312 g/mol. The van der Waals surface area contributed by atoms with Crippen molar-refractivity contribution in [2.24, 2.45) is 5.10 Å². The van der Waals surface area contributed by atoms with E-state index in [2.05, 4.69) is 20.4 Å². The van der Waals surface area contributed by atoms with Gasteiger partial charge in [-0.25, -0.2) is 15.0 Å². The van der Waals surface area contributed by atoms with Crippen molar-refractivity contribution in [3.63, 3.8) is 0 Å². The Morgan fingerprint density at radius 1 is 1.35 bits per heavy atom. The summed E-state index contributed by atoms with van der Waals surface area (Å²) in [6, 6.07) is 3.74. The molecule has 1 N–H and O–H groups in total. The second-order valence-electron chi connectivity index (χ2n) is 5.14. The minimum absolute atomic E-state index is 0.0826. The van der Waals surface area contributed by atoms with Gasteiger partial charge in [0.2, 0.25) is 5.91 Å². The minimum Gasteiger partial charge on any atom is -0.347 e. The summed E-state index contributed by atoms with van der Waals surface area (Å²) in [5, 5.41) is 7.99. The van der Waals surface area contributed by atoms with Gasteiger partial charge in [0, 0.05) is 45.0 Å². The van der Waals surface area contributed by atoms with Crippen molar-refractivity contribution in [2.75, 3.05) is 7.05 Å². The summed E-state index contributed by atoms with van der Waals surface area (Å²) in [5.41, 5.74) is 1.25. The van der Waals surface area contributed by atoms with E-state index in [0.717, 1.165) is 11.4 Å². The summed E-state index contributed by atoms with van der Waals surface area (Å²) in [4.78, 5) is 31.7. The zero-order valence-corrected chi connectivity index (χ0v) is 12.6. The number of aromatic nitrogens is 3. The van der Waals surface area contributed by atoms with E-state index in [-0.39, 0.29) is 11.8 Å². The summed E-state index contributed by atoms with van der Waals surface area (Å²) < 4.78 is 1.80. The molecule has 0 spiro atoms. The van der Waals surface area contributed by atoms with Crippen molar-refractivity contribution in [1.82, 2.24) is 24.9 Å². The molecule has 8 heteroatoms. The smallest absolute Gasteiger partial charge is 0.267 e. The Balaban J connectivity index is 1.59. The Kier molecular flexibility index (Phi) is 4.13. The van der Waals surface area contributed by atoms with Crippen molar-refractivity contribution in [3.05, 3.63) is 42.6 Å². The van der Waals surface area contributed by atoms with E-state index in [1.807, 2.05) is 18.3 Å². The number of hydrogen-bond donors (Lipinski definition) is 1. The average Bonchev–Trinajstić information content (AvgIpc) is 3.10. The third-order valence-corrected chi connectivity index (χ3v) is 3.50. The lowest BCUT2D eigenvalue weighted by atomic mass is 10.1. The van der Waals surface area contributed by atoms with Gasteiger partial charge in [-0.1, -0.05) is 6.07 Å². The zero-order chi connectivity index (χ0) is 16.2. The van der Waals surface area contributed by atoms with Gasteiger partial charge in [0.1, 0.15) is 17.9 Å². The maximum absolute atomic E-state index is 12.1. The van der Waals surface area contributed by atoms with Gasteiger partial charge in [-0.15, -0.1) is 0 Å². The van der Waals surface area contributed by atoms with Crippen LogP contribution in [0.15, 0.2) is 42.2 Å². The van der Waals surface area contributed by atoms with Crippen LogP contribution in [-0.4, -0.2) is 44.1 Å². The van der Waals surface area contributed by atoms with E-state index in [1.54, 1.807) is 30.3 Å². The predicted molar refractivity (Wildman–Crippen MR) is 82.6 cm³/mol. The number of hydrogen-bond acceptors (Lipinski definition) is 5. The first kappa shape index (κ1) is 14.9. The topological polar surface area (TPSA) is 92.5 Å². The van der Waals surface area contributed by atoms with Crippen LogP contribution in [0.2, 0.25) is 0 Å². The molecule has 1 aliphatic rings. The molecule has 0 saturated carbocycles. The molecule has 0 aliphatic carbocycles. The highest BCUT2D eigenvalue weighted by atomic mass is 16.2. The molecule has 3 heterocycles. The highest BCUT2D eigenvalue weighted by Crippen LogP contribution is 2.08. The average molecular weight is 312 g/mol. The van der Waals surface area contributed by atoms with E-state index in [4.69, 9.17) is 0 Å². The van der Waals surface area contributed by atoms with Crippen molar-refractivity contribution < 1.29 is 9.59 Å². The van der Waals surface area contributed by atoms with E-state index in [0.29, 0.717) is 25.1 Å². The fourth-order valence-corrected chi connectivity index (χ4v) is 2.19. The number of hydrazone groups is 1. The molecule has 0 radical (unpaired) electrons. The minimum atomic E-state index is -0.261. The van der Waals surface area contributed by atoms with Crippen molar-refractivity contribution in [1.29, 1.82) is 0 Å². The van der Waals surface area contributed by atoms with Crippen LogP contribution in [0.5, 0.6) is 0 Å². The van der Waals surface area contributed by atoms with Crippen LogP contribution >= 0.6 is 0 Å². The number of nitrogens with one attached hydrogen (secondary N) is 1. The maximum atomic E-state index is 12.1. The third kappa shape index (κ3) is 3.42. The summed E-state index contributed by atoms with van der Waals surface area (Å²) >= 11 is 0. The Morgan fingerprint density at radius 3 is 2.87 bits per heavy atom. The van der Waals surface area contributed by atoms with Crippen LogP contribution < -0.4 is 5.32 Å². The fraction of sp³-hybridized carbons (Fsp3) is 0.267. The molecule has 0 atom stereocenters. The molecule has 2 aromatic heterocycles. The summed E-state index contributed by atoms with van der Waals surface area (Å²) in [7, 11) is 1.55. The third-order valence-electron chi connectivity index (χ3n) is 3.50. The Bertz CT molecular complexity index is 736. The molecule has 8 nitrogen and oxygen atoms in total. The molecule has 0 unspecified atom stereocenters. The van der Waals surface area contributed by atoms with Gasteiger partial charge in [0.25, 0.3) is 5.91 Å². The molecule has 23 heavy (non-hydrogen) atoms. The van der Waals surface area contributed by atoms with Gasteiger partial charge in [-0.05, 0) is 11.6 Å². The molecular formula is C15H16N6O2. The highest BCUT2D eigenvalue weighted by molar-refractivity contribution is 6.39. The van der Waals surface area contributed by atoms with E-state index >= 15 is 0 Å². The Hall–Kier alpha value is -3.03. The number of amides is 2. The van der Waals surface area contributed by atoms with Crippen LogP contribution in [0.25, 0.3) is 5.82 Å². The second-order valence-corrected chi connectivity index (χ2v) is 5.14. The van der Waals surface area contributed by atoms with Gasteiger partial charge in [-0.2, -0.15) is 5.10 Å². The van der Waals surface area contributed by atoms with Crippen LogP contribution in [-0.2, 0) is 16.1 Å². The van der Waals surface area contributed by atoms with E-state index < -0.39 is 0 Å². The van der Waals surface area contributed by atoms with E-state index in [9.17, 15) is 9.59 Å². The van der Waals surface area contributed by atoms with Crippen molar-refractivity contribution in [2.45, 2.75) is 19.4 Å². The number of imidazole rings is 1. The zero-order valence-electron chi connectivity index (χ0n) is 12.6. The SMILES string of the molecule is CN1N=C(C(=O)NCc2ccc(-n3ccnc3)nc2)CCC1=O. The standard InChI is InChI=1S/C15H16N6O2/c1-20-14(22)5-3-12(19-20)15(23)18-9-11-2-4-13(17-8-11)21-7-6-16-10-21/h2,4,6-8,10H,3,5,9H2,1H3,(H,18,23). The van der Waals surface area contributed by atoms with Crippen LogP contribution in [0, 0.1) is 0 Å². The van der Waals surface area contributed by atoms with Gasteiger partial charge in [0.15, 0.2) is 0 Å². The highest BCUT2D eigenvalue weighted by Gasteiger charge is 2.21. The van der Waals surface area contributed by atoms with Gasteiger partial charge >= 0.3 is 0 Å². The number of pyridine rings is 1. The quantitative estimate of drug-likeness (QED) is 0.889. The predicted octanol–water partition coefficient (Wildman–Crippen LogP) is 0.492. The van der Waals surface area contributed by atoms with Gasteiger partial charge < -0.3 is 5.32 Å². The van der Waals surface area contributed by atoms with Crippen molar-refractivity contribution in [3.8, 4) is 5.82 Å². The normalized spacial score (nSPS) is 14.6. The fourth-order valence-electron chi connectivity index (χ4n) is 2.19. The lowest BCUT2D eigenvalue weighted by molar-refractivity contribution is -0.130. The van der Waals surface area contributed by atoms with Crippen LogP contribution in [0.4, 0.5) is 0 Å². The lowest BCUT2D eigenvalue weighted by Crippen LogP contribution is -2.37. The first-order valence-corrected chi connectivity index (χ1v) is 7.19. The number of nitrogens with zero attached hydrogens (tertiary/aromatic N) is 5. The molecular weight excluding hydrogens is 296 g/mol. The molecule has 3 rings (SSSR count). The molecule has 118 valence electrons. The Morgan fingerprint density at radius 2 is 2.22 bits per heavy atom. The largest absolute Gasteiger partial charge is 0.347 e. The van der Waals surface area contributed by atoms with Crippen LogP contribution in [0.3, 0.4) is 0 Å². The number of carbonyl (C=O) groups is 2. The Labute approximate surface area is 132 Å². The molecule has 0 fully saturated rings. The second kappa shape index (κ2) is 6.39. The first-order chi connectivity index (χ1) is 11.1.